The Morgan fingerprint density at radius 2 is 1.72 bits per heavy atom. The maximum absolute atomic E-state index is 12.9. The minimum atomic E-state index is -0.802. The molecular weight excluding hydrogens is 388 g/mol. The van der Waals surface area contributed by atoms with Crippen molar-refractivity contribution in [3.05, 3.63) is 106 Å². The van der Waals surface area contributed by atoms with E-state index in [2.05, 4.69) is 4.98 Å². The largest absolute Gasteiger partial charge is 0.507 e. The molecule has 1 aromatic heterocycles. The van der Waals surface area contributed by atoms with E-state index in [1.807, 2.05) is 12.1 Å². The first-order valence-corrected chi connectivity index (χ1v) is 9.43. The Balaban J connectivity index is 1.89. The molecule has 0 bridgehead atoms. The normalized spacial score (nSPS) is 18.2. The number of aromatic nitrogens is 1. The number of likely N-dealkylation sites (tertiary alicyclic amines) is 1. The van der Waals surface area contributed by atoms with Crippen LogP contribution in [0.3, 0.4) is 0 Å². The molecule has 1 unspecified atom stereocenters. The van der Waals surface area contributed by atoms with Crippen LogP contribution in [-0.2, 0) is 16.1 Å². The Morgan fingerprint density at radius 3 is 2.41 bits per heavy atom. The van der Waals surface area contributed by atoms with Crippen molar-refractivity contribution in [2.45, 2.75) is 12.6 Å². The van der Waals surface area contributed by atoms with Crippen molar-refractivity contribution in [2.75, 3.05) is 0 Å². The second-order valence-electron chi connectivity index (χ2n) is 6.68. The lowest BCUT2D eigenvalue weighted by molar-refractivity contribution is -0.140. The number of aliphatic hydroxyl groups excluding tert-OH is 1. The molecule has 0 saturated carbocycles. The summed E-state index contributed by atoms with van der Waals surface area (Å²) in [5.74, 6) is -1.64. The summed E-state index contributed by atoms with van der Waals surface area (Å²) in [6.07, 6.45) is 3.28. The van der Waals surface area contributed by atoms with Gasteiger partial charge in [0.05, 0.1) is 11.6 Å². The van der Waals surface area contributed by atoms with Gasteiger partial charge in [0.1, 0.15) is 5.76 Å². The number of carbonyl (C=O) groups excluding carboxylic acids is 2. The van der Waals surface area contributed by atoms with E-state index in [1.54, 1.807) is 67.0 Å². The van der Waals surface area contributed by atoms with E-state index in [0.29, 0.717) is 16.1 Å². The van der Waals surface area contributed by atoms with Crippen LogP contribution >= 0.6 is 11.6 Å². The Labute approximate surface area is 172 Å². The molecule has 1 saturated heterocycles. The minimum Gasteiger partial charge on any atom is -0.507 e. The lowest BCUT2D eigenvalue weighted by Gasteiger charge is -2.26. The second kappa shape index (κ2) is 7.89. The standard InChI is InChI=1S/C23H17ClN2O3/c24-18-11-5-4-10-17(18)20-19(21(27)16-8-2-1-3-9-16)22(28)23(29)26(20)14-15-7-6-12-25-13-15/h1-13,20,27H,14H2/b21-19-. The molecule has 2 aromatic carbocycles. The molecule has 4 rings (SSSR count). The van der Waals surface area contributed by atoms with Crippen LogP contribution < -0.4 is 0 Å². The summed E-state index contributed by atoms with van der Waals surface area (Å²) in [7, 11) is 0. The molecule has 1 fully saturated rings. The number of amides is 1. The summed E-state index contributed by atoms with van der Waals surface area (Å²) < 4.78 is 0. The highest BCUT2D eigenvalue weighted by Crippen LogP contribution is 2.42. The predicted octanol–water partition coefficient (Wildman–Crippen LogP) is 4.36. The lowest BCUT2D eigenvalue weighted by Crippen LogP contribution is -2.29. The first-order chi connectivity index (χ1) is 14.1. The van der Waals surface area contributed by atoms with Gasteiger partial charge in [-0.1, -0.05) is 66.2 Å². The van der Waals surface area contributed by atoms with Gasteiger partial charge in [0.2, 0.25) is 0 Å². The van der Waals surface area contributed by atoms with E-state index in [-0.39, 0.29) is 17.9 Å². The van der Waals surface area contributed by atoms with Crippen LogP contribution in [0.25, 0.3) is 5.76 Å². The van der Waals surface area contributed by atoms with Gasteiger partial charge in [-0.25, -0.2) is 0 Å². The third kappa shape index (κ3) is 3.52. The average Bonchev–Trinajstić information content (AvgIpc) is 3.00. The van der Waals surface area contributed by atoms with E-state index in [1.165, 1.54) is 4.90 Å². The van der Waals surface area contributed by atoms with Gasteiger partial charge in [-0.2, -0.15) is 0 Å². The number of benzene rings is 2. The number of ketones is 1. The van der Waals surface area contributed by atoms with Crippen LogP contribution in [0, 0.1) is 0 Å². The summed E-state index contributed by atoms with van der Waals surface area (Å²) in [4.78, 5) is 31.4. The van der Waals surface area contributed by atoms with Crippen molar-refractivity contribution in [1.82, 2.24) is 9.88 Å². The van der Waals surface area contributed by atoms with Crippen molar-refractivity contribution in [2.24, 2.45) is 0 Å². The van der Waals surface area contributed by atoms with Gasteiger partial charge < -0.3 is 10.0 Å². The molecule has 0 spiro atoms. The number of Topliss-reactive ketones (excluding diaryl/α,β-unsaturated/α-hetero) is 1. The zero-order chi connectivity index (χ0) is 20.4. The van der Waals surface area contributed by atoms with Crippen LogP contribution in [0.4, 0.5) is 0 Å². The van der Waals surface area contributed by atoms with E-state index < -0.39 is 17.7 Å². The molecule has 5 nitrogen and oxygen atoms in total. The van der Waals surface area contributed by atoms with Crippen molar-refractivity contribution < 1.29 is 14.7 Å². The molecule has 1 amide bonds. The molecule has 1 atom stereocenters. The minimum absolute atomic E-state index is 0.0261. The molecule has 1 N–H and O–H groups in total. The quantitative estimate of drug-likeness (QED) is 0.398. The summed E-state index contributed by atoms with van der Waals surface area (Å²) in [5, 5.41) is 11.4. The number of rotatable bonds is 4. The smallest absolute Gasteiger partial charge is 0.295 e. The molecule has 6 heteroatoms. The molecule has 0 aliphatic carbocycles. The highest BCUT2D eigenvalue weighted by molar-refractivity contribution is 6.46. The molecule has 2 heterocycles. The molecule has 3 aromatic rings. The number of pyridine rings is 1. The Morgan fingerprint density at radius 1 is 1.00 bits per heavy atom. The number of hydrogen-bond donors (Lipinski definition) is 1. The van der Waals surface area contributed by atoms with Gasteiger partial charge in [-0.15, -0.1) is 0 Å². The number of aliphatic hydroxyl groups is 1. The number of hydrogen-bond acceptors (Lipinski definition) is 4. The van der Waals surface area contributed by atoms with E-state index in [9.17, 15) is 14.7 Å². The molecule has 144 valence electrons. The van der Waals surface area contributed by atoms with Crippen LogP contribution in [0.5, 0.6) is 0 Å². The van der Waals surface area contributed by atoms with Crippen molar-refractivity contribution in [3.63, 3.8) is 0 Å². The molecule has 1 aliphatic rings. The van der Waals surface area contributed by atoms with Gasteiger partial charge >= 0.3 is 0 Å². The summed E-state index contributed by atoms with van der Waals surface area (Å²) in [5.41, 5.74) is 1.84. The Bertz CT molecular complexity index is 1100. The number of nitrogens with zero attached hydrogens (tertiary/aromatic N) is 2. The van der Waals surface area contributed by atoms with Gasteiger partial charge in [-0.05, 0) is 23.3 Å². The van der Waals surface area contributed by atoms with Crippen LogP contribution in [0.2, 0.25) is 5.02 Å². The van der Waals surface area contributed by atoms with Crippen LogP contribution in [-0.4, -0.2) is 26.7 Å². The monoisotopic (exact) mass is 404 g/mol. The lowest BCUT2D eigenvalue weighted by atomic mass is 9.95. The van der Waals surface area contributed by atoms with E-state index in [4.69, 9.17) is 11.6 Å². The fourth-order valence-corrected chi connectivity index (χ4v) is 3.74. The summed E-state index contributed by atoms with van der Waals surface area (Å²) in [6, 6.07) is 18.5. The first-order valence-electron chi connectivity index (χ1n) is 9.05. The summed E-state index contributed by atoms with van der Waals surface area (Å²) in [6.45, 7) is 0.167. The predicted molar refractivity (Wildman–Crippen MR) is 110 cm³/mol. The SMILES string of the molecule is O=C1C(=O)N(Cc2cccnc2)C(c2ccccc2Cl)/C1=C(/O)c1ccccc1. The zero-order valence-corrected chi connectivity index (χ0v) is 16.1. The first kappa shape index (κ1) is 18.9. The van der Waals surface area contributed by atoms with E-state index in [0.717, 1.165) is 5.56 Å². The Hall–Kier alpha value is -3.44. The van der Waals surface area contributed by atoms with Crippen LogP contribution in [0.1, 0.15) is 22.7 Å². The topological polar surface area (TPSA) is 70.5 Å². The van der Waals surface area contributed by atoms with Gasteiger partial charge in [0.15, 0.2) is 0 Å². The highest BCUT2D eigenvalue weighted by atomic mass is 35.5. The van der Waals surface area contributed by atoms with Crippen molar-refractivity contribution in [3.8, 4) is 0 Å². The van der Waals surface area contributed by atoms with Crippen molar-refractivity contribution in [1.29, 1.82) is 0 Å². The third-order valence-electron chi connectivity index (χ3n) is 4.86. The van der Waals surface area contributed by atoms with E-state index >= 15 is 0 Å². The maximum atomic E-state index is 12.9. The molecular formula is C23H17ClN2O3. The molecule has 29 heavy (non-hydrogen) atoms. The van der Waals surface area contributed by atoms with Crippen LogP contribution in [0.15, 0.2) is 84.7 Å². The molecule has 0 radical (unpaired) electrons. The fraction of sp³-hybridized carbons (Fsp3) is 0.0870. The highest BCUT2D eigenvalue weighted by Gasteiger charge is 2.46. The van der Waals surface area contributed by atoms with Gasteiger partial charge in [0, 0.05) is 29.5 Å². The average molecular weight is 405 g/mol. The van der Waals surface area contributed by atoms with Crippen molar-refractivity contribution >= 4 is 29.1 Å². The second-order valence-corrected chi connectivity index (χ2v) is 7.08. The summed E-state index contributed by atoms with van der Waals surface area (Å²) >= 11 is 6.42. The third-order valence-corrected chi connectivity index (χ3v) is 5.21. The number of halogens is 1. The molecule has 1 aliphatic heterocycles. The number of carbonyl (C=O) groups is 2. The van der Waals surface area contributed by atoms with Gasteiger partial charge in [-0.3, -0.25) is 14.6 Å². The zero-order valence-electron chi connectivity index (χ0n) is 15.3. The Kier molecular flexibility index (Phi) is 5.14. The van der Waals surface area contributed by atoms with Gasteiger partial charge in [0.25, 0.3) is 11.7 Å². The maximum Gasteiger partial charge on any atom is 0.295 e. The fourth-order valence-electron chi connectivity index (χ4n) is 3.50.